The number of rotatable bonds is 5. The number of halogens is 4. The Labute approximate surface area is 168 Å². The number of anilines is 1. The van der Waals surface area contributed by atoms with Gasteiger partial charge < -0.3 is 5.11 Å². The summed E-state index contributed by atoms with van der Waals surface area (Å²) in [6.07, 6.45) is -4.73. The van der Waals surface area contributed by atoms with Gasteiger partial charge >= 0.3 is 12.1 Å². The molecule has 2 aromatic rings. The van der Waals surface area contributed by atoms with Gasteiger partial charge in [-0.15, -0.1) is 0 Å². The van der Waals surface area contributed by atoms with Crippen molar-refractivity contribution in [2.75, 3.05) is 5.01 Å². The van der Waals surface area contributed by atoms with Crippen LogP contribution in [0.2, 0.25) is 0 Å². The number of nitrogens with zero attached hydrogens (tertiary/aromatic N) is 2. The summed E-state index contributed by atoms with van der Waals surface area (Å²) in [5.74, 6) is -1.16. The lowest BCUT2D eigenvalue weighted by atomic mass is 10.0. The number of aliphatic carboxylic acids is 1. The Morgan fingerprint density at radius 1 is 1.21 bits per heavy atom. The Balaban J connectivity index is 1.80. The molecule has 1 aliphatic heterocycles. The predicted molar refractivity (Wildman–Crippen MR) is 105 cm³/mol. The van der Waals surface area contributed by atoms with Crippen molar-refractivity contribution in [3.63, 3.8) is 0 Å². The molecule has 28 heavy (non-hydrogen) atoms. The van der Waals surface area contributed by atoms with Gasteiger partial charge in [-0.3, -0.25) is 9.80 Å². The summed E-state index contributed by atoms with van der Waals surface area (Å²) in [4.78, 5) is 11.0. The second kappa shape index (κ2) is 7.95. The minimum atomic E-state index is -4.56. The van der Waals surface area contributed by atoms with Crippen molar-refractivity contribution in [2.24, 2.45) is 5.10 Å². The Hall–Kier alpha value is -2.35. The molecule has 1 aliphatic rings. The average Bonchev–Trinajstić information content (AvgIpc) is 3.02. The second-order valence-corrected chi connectivity index (χ2v) is 7.63. The maximum atomic E-state index is 13.0. The van der Waals surface area contributed by atoms with Crippen LogP contribution in [-0.2, 0) is 11.2 Å². The van der Waals surface area contributed by atoms with E-state index in [-0.39, 0.29) is 0 Å². The van der Waals surface area contributed by atoms with Crippen LogP contribution in [0.3, 0.4) is 0 Å². The van der Waals surface area contributed by atoms with Gasteiger partial charge in [0.1, 0.15) is 5.71 Å². The van der Waals surface area contributed by atoms with Gasteiger partial charge in [0, 0.05) is 10.9 Å². The van der Waals surface area contributed by atoms with Gasteiger partial charge in [-0.1, -0.05) is 40.2 Å². The second-order valence-electron chi connectivity index (χ2n) is 6.77. The summed E-state index contributed by atoms with van der Waals surface area (Å²) >= 11 is 3.46. The van der Waals surface area contributed by atoms with Crippen LogP contribution >= 0.6 is 15.9 Å². The highest BCUT2D eigenvalue weighted by Gasteiger charge is 2.43. The first-order valence-corrected chi connectivity index (χ1v) is 9.42. The van der Waals surface area contributed by atoms with Gasteiger partial charge in [0.25, 0.3) is 0 Å². The monoisotopic (exact) mass is 454 g/mol. The first-order chi connectivity index (χ1) is 13.1. The molecule has 1 atom stereocenters. The fraction of sp³-hybridized carbons (Fsp3) is 0.300. The molecule has 8 heteroatoms. The lowest BCUT2D eigenvalue weighted by molar-refractivity contribution is -0.137. The number of carbonyl (C=O) groups is 1. The van der Waals surface area contributed by atoms with Crippen LogP contribution < -0.4 is 5.01 Å². The predicted octanol–water partition coefficient (Wildman–Crippen LogP) is 5.32. The summed E-state index contributed by atoms with van der Waals surface area (Å²) in [5, 5.41) is 13.8. The van der Waals surface area contributed by atoms with Crippen molar-refractivity contribution in [1.29, 1.82) is 0 Å². The molecule has 2 aromatic carbocycles. The van der Waals surface area contributed by atoms with E-state index < -0.39 is 36.7 Å². The van der Waals surface area contributed by atoms with Gasteiger partial charge in [0.05, 0.1) is 18.2 Å². The minimum Gasteiger partial charge on any atom is -0.481 e. The third kappa shape index (κ3) is 4.73. The van der Waals surface area contributed by atoms with Crippen LogP contribution in [-0.4, -0.2) is 29.0 Å². The van der Waals surface area contributed by atoms with Crippen LogP contribution in [0.25, 0.3) is 0 Å². The third-order valence-corrected chi connectivity index (χ3v) is 5.46. The van der Waals surface area contributed by atoms with Crippen LogP contribution in [0.1, 0.15) is 29.5 Å². The molecule has 0 aromatic heterocycles. The topological polar surface area (TPSA) is 52.9 Å². The number of aryl methyl sites for hydroxylation is 1. The average molecular weight is 455 g/mol. The standard InChI is InChI=1S/C20H18BrF3N2O2/c1-12-8-14(4-7-17(12)21)9-13-2-5-15(6-3-13)26-16(11-19(27)28)10-18(25-26)20(22,23)24/h2-8,16H,9-11H2,1H3,(H,27,28). The molecular weight excluding hydrogens is 437 g/mol. The zero-order valence-corrected chi connectivity index (χ0v) is 16.6. The van der Waals surface area contributed by atoms with Crippen molar-refractivity contribution in [1.82, 2.24) is 0 Å². The number of hydrogen-bond donors (Lipinski definition) is 1. The Morgan fingerprint density at radius 3 is 2.43 bits per heavy atom. The SMILES string of the molecule is Cc1cc(Cc2ccc(N3N=C(C(F)(F)F)CC3CC(=O)O)cc2)ccc1Br. The summed E-state index contributed by atoms with van der Waals surface area (Å²) < 4.78 is 40.1. The van der Waals surface area contributed by atoms with E-state index in [9.17, 15) is 18.0 Å². The molecule has 0 amide bonds. The first-order valence-electron chi connectivity index (χ1n) is 8.63. The third-order valence-electron chi connectivity index (χ3n) is 4.57. The molecule has 0 fully saturated rings. The van der Waals surface area contributed by atoms with Gasteiger partial charge in [0.15, 0.2) is 0 Å². The van der Waals surface area contributed by atoms with E-state index in [1.54, 1.807) is 12.1 Å². The van der Waals surface area contributed by atoms with Crippen molar-refractivity contribution in [3.8, 4) is 0 Å². The lowest BCUT2D eigenvalue weighted by Crippen LogP contribution is -2.29. The smallest absolute Gasteiger partial charge is 0.431 e. The number of alkyl halides is 3. The van der Waals surface area contributed by atoms with Gasteiger partial charge in [-0.25, -0.2) is 0 Å². The molecule has 3 rings (SSSR count). The van der Waals surface area contributed by atoms with Gasteiger partial charge in [-0.05, 0) is 48.2 Å². The van der Waals surface area contributed by atoms with Crippen molar-refractivity contribution in [2.45, 2.75) is 38.4 Å². The maximum Gasteiger partial charge on any atom is 0.431 e. The maximum absolute atomic E-state index is 13.0. The largest absolute Gasteiger partial charge is 0.481 e. The Bertz CT molecular complexity index is 911. The highest BCUT2D eigenvalue weighted by molar-refractivity contribution is 9.10. The summed E-state index contributed by atoms with van der Waals surface area (Å²) in [5.41, 5.74) is 2.74. The van der Waals surface area contributed by atoms with Crippen LogP contribution in [0, 0.1) is 6.92 Å². The molecule has 0 spiro atoms. The quantitative estimate of drug-likeness (QED) is 0.664. The molecule has 0 bridgehead atoms. The highest BCUT2D eigenvalue weighted by Crippen LogP contribution is 2.33. The van der Waals surface area contributed by atoms with Crippen LogP contribution in [0.5, 0.6) is 0 Å². The van der Waals surface area contributed by atoms with Gasteiger partial charge in [0.2, 0.25) is 0 Å². The summed E-state index contributed by atoms with van der Waals surface area (Å²) in [6, 6.07) is 12.2. The number of carboxylic acids is 1. The Kier molecular flexibility index (Phi) is 5.79. The number of benzene rings is 2. The number of hydrogen-bond acceptors (Lipinski definition) is 3. The fourth-order valence-electron chi connectivity index (χ4n) is 3.18. The molecule has 0 radical (unpaired) electrons. The molecule has 1 unspecified atom stereocenters. The van der Waals surface area contributed by atoms with E-state index in [1.807, 2.05) is 31.2 Å². The van der Waals surface area contributed by atoms with E-state index in [4.69, 9.17) is 5.11 Å². The molecular formula is C20H18BrF3N2O2. The first kappa shape index (κ1) is 20.4. The van der Waals surface area contributed by atoms with Crippen molar-refractivity contribution in [3.05, 3.63) is 63.6 Å². The summed E-state index contributed by atoms with van der Waals surface area (Å²) in [7, 11) is 0. The van der Waals surface area contributed by atoms with Crippen molar-refractivity contribution >= 4 is 33.3 Å². The molecule has 1 heterocycles. The van der Waals surface area contributed by atoms with Gasteiger partial charge in [-0.2, -0.15) is 18.3 Å². The fourth-order valence-corrected chi connectivity index (χ4v) is 3.43. The molecule has 0 aliphatic carbocycles. The molecule has 4 nitrogen and oxygen atoms in total. The molecule has 148 valence electrons. The zero-order chi connectivity index (χ0) is 20.5. The normalized spacial score (nSPS) is 17.0. The van der Waals surface area contributed by atoms with Crippen LogP contribution in [0.15, 0.2) is 52.0 Å². The Morgan fingerprint density at radius 2 is 1.86 bits per heavy atom. The number of carboxylic acid groups (broad SMARTS) is 1. The van der Waals surface area contributed by atoms with E-state index in [0.717, 1.165) is 21.2 Å². The van der Waals surface area contributed by atoms with E-state index >= 15 is 0 Å². The zero-order valence-electron chi connectivity index (χ0n) is 15.0. The molecule has 0 saturated carbocycles. The molecule has 1 N–H and O–H groups in total. The van der Waals surface area contributed by atoms with Crippen LogP contribution in [0.4, 0.5) is 18.9 Å². The van der Waals surface area contributed by atoms with E-state index in [1.165, 1.54) is 5.01 Å². The lowest BCUT2D eigenvalue weighted by Gasteiger charge is -2.22. The summed E-state index contributed by atoms with van der Waals surface area (Å²) in [6.45, 7) is 2.00. The highest BCUT2D eigenvalue weighted by atomic mass is 79.9. The number of hydrazone groups is 1. The van der Waals surface area contributed by atoms with E-state index in [0.29, 0.717) is 12.1 Å². The van der Waals surface area contributed by atoms with E-state index in [2.05, 4.69) is 27.1 Å². The van der Waals surface area contributed by atoms with Crippen molar-refractivity contribution < 1.29 is 23.1 Å². The molecule has 0 saturated heterocycles. The minimum absolute atomic E-state index is 0.414.